The lowest BCUT2D eigenvalue weighted by Crippen LogP contribution is -2.34. The Kier molecular flexibility index (Phi) is 3.90. The van der Waals surface area contributed by atoms with Crippen molar-refractivity contribution in [1.29, 1.82) is 0 Å². The van der Waals surface area contributed by atoms with E-state index in [0.29, 0.717) is 13.1 Å². The molecule has 0 aliphatic carbocycles. The molecule has 1 aliphatic rings. The van der Waals surface area contributed by atoms with Gasteiger partial charge in [0, 0.05) is 18.5 Å². The van der Waals surface area contributed by atoms with Gasteiger partial charge in [0.1, 0.15) is 0 Å². The number of hydrogen-bond donors (Lipinski definition) is 0. The van der Waals surface area contributed by atoms with Crippen LogP contribution in [0.15, 0.2) is 60.0 Å². The Morgan fingerprint density at radius 3 is 2.33 bits per heavy atom. The van der Waals surface area contributed by atoms with Crippen LogP contribution in [0.25, 0.3) is 6.08 Å². The van der Waals surface area contributed by atoms with Crippen molar-refractivity contribution < 1.29 is 8.42 Å². The standard InChI is InChI=1S/C17H17NO2S/c19-21(20,13-11-15-6-2-1-3-7-15)18-12-10-16-8-4-5-9-17(16)14-18/h1-9,11,13H,10,12,14H2/b13-11+. The molecule has 0 N–H and O–H groups in total. The van der Waals surface area contributed by atoms with Crippen molar-refractivity contribution in [2.75, 3.05) is 6.54 Å². The van der Waals surface area contributed by atoms with Crippen molar-refractivity contribution in [1.82, 2.24) is 4.31 Å². The molecule has 1 aliphatic heterocycles. The lowest BCUT2D eigenvalue weighted by molar-refractivity contribution is 0.397. The lowest BCUT2D eigenvalue weighted by atomic mass is 10.0. The highest BCUT2D eigenvalue weighted by molar-refractivity contribution is 7.92. The summed E-state index contributed by atoms with van der Waals surface area (Å²) in [4.78, 5) is 0. The molecule has 0 radical (unpaired) electrons. The van der Waals surface area contributed by atoms with Crippen molar-refractivity contribution in [2.24, 2.45) is 0 Å². The van der Waals surface area contributed by atoms with Gasteiger partial charge in [-0.1, -0.05) is 54.6 Å². The molecule has 4 heteroatoms. The first-order valence-corrected chi connectivity index (χ1v) is 8.45. The van der Waals surface area contributed by atoms with E-state index in [0.717, 1.165) is 17.5 Å². The fourth-order valence-electron chi connectivity index (χ4n) is 2.50. The van der Waals surface area contributed by atoms with Gasteiger partial charge >= 0.3 is 0 Å². The number of rotatable bonds is 3. The molecule has 108 valence electrons. The van der Waals surface area contributed by atoms with Crippen molar-refractivity contribution in [3.05, 3.63) is 76.7 Å². The largest absolute Gasteiger partial charge is 0.236 e. The van der Waals surface area contributed by atoms with E-state index < -0.39 is 10.0 Å². The van der Waals surface area contributed by atoms with Gasteiger partial charge in [0.15, 0.2) is 0 Å². The zero-order valence-corrected chi connectivity index (χ0v) is 12.5. The molecule has 0 amide bonds. The first-order valence-electron chi connectivity index (χ1n) is 6.95. The fraction of sp³-hybridized carbons (Fsp3) is 0.176. The number of hydrogen-bond acceptors (Lipinski definition) is 2. The van der Waals surface area contributed by atoms with Gasteiger partial charge in [-0.25, -0.2) is 8.42 Å². The van der Waals surface area contributed by atoms with Gasteiger partial charge in [-0.3, -0.25) is 0 Å². The van der Waals surface area contributed by atoms with Gasteiger partial charge < -0.3 is 0 Å². The van der Waals surface area contributed by atoms with E-state index in [2.05, 4.69) is 6.07 Å². The van der Waals surface area contributed by atoms with Crippen molar-refractivity contribution in [3.8, 4) is 0 Å². The molecule has 2 aromatic rings. The van der Waals surface area contributed by atoms with Crippen LogP contribution in [0.2, 0.25) is 0 Å². The highest BCUT2D eigenvalue weighted by Gasteiger charge is 2.24. The maximum Gasteiger partial charge on any atom is 0.236 e. The SMILES string of the molecule is O=S(=O)(/C=C/c1ccccc1)N1CCc2ccccc2C1. The van der Waals surface area contributed by atoms with Crippen LogP contribution in [-0.4, -0.2) is 19.3 Å². The predicted molar refractivity (Wildman–Crippen MR) is 85.0 cm³/mol. The van der Waals surface area contributed by atoms with E-state index in [1.165, 1.54) is 15.3 Å². The van der Waals surface area contributed by atoms with Crippen LogP contribution >= 0.6 is 0 Å². The Labute approximate surface area is 125 Å². The summed E-state index contributed by atoms with van der Waals surface area (Å²) in [7, 11) is -3.37. The number of fused-ring (bicyclic) bond motifs is 1. The van der Waals surface area contributed by atoms with Gasteiger partial charge in [0.25, 0.3) is 0 Å². The molecule has 3 nitrogen and oxygen atoms in total. The zero-order valence-electron chi connectivity index (χ0n) is 11.6. The lowest BCUT2D eigenvalue weighted by Gasteiger charge is -2.26. The molecule has 0 atom stereocenters. The smallest absolute Gasteiger partial charge is 0.207 e. The van der Waals surface area contributed by atoms with Crippen LogP contribution in [0, 0.1) is 0 Å². The van der Waals surface area contributed by atoms with Crippen LogP contribution in [0.5, 0.6) is 0 Å². The zero-order chi connectivity index (χ0) is 14.7. The molecule has 1 heterocycles. The molecular formula is C17H17NO2S. The summed E-state index contributed by atoms with van der Waals surface area (Å²) in [6.07, 6.45) is 2.42. The third-order valence-corrected chi connectivity index (χ3v) is 5.20. The molecule has 0 saturated carbocycles. The number of nitrogens with zero attached hydrogens (tertiary/aromatic N) is 1. The first kappa shape index (κ1) is 14.0. The molecule has 0 spiro atoms. The Morgan fingerprint density at radius 2 is 1.57 bits per heavy atom. The molecule has 2 aromatic carbocycles. The van der Waals surface area contributed by atoms with Crippen LogP contribution in [0.4, 0.5) is 0 Å². The highest BCUT2D eigenvalue weighted by Crippen LogP contribution is 2.21. The van der Waals surface area contributed by atoms with E-state index in [1.54, 1.807) is 6.08 Å². The first-order chi connectivity index (χ1) is 10.1. The second kappa shape index (κ2) is 5.84. The minimum absolute atomic E-state index is 0.456. The van der Waals surface area contributed by atoms with E-state index in [9.17, 15) is 8.42 Å². The van der Waals surface area contributed by atoms with Crippen molar-refractivity contribution in [3.63, 3.8) is 0 Å². The van der Waals surface area contributed by atoms with Crippen molar-refractivity contribution >= 4 is 16.1 Å². The van der Waals surface area contributed by atoms with E-state index >= 15 is 0 Å². The molecule has 0 bridgehead atoms. The van der Waals surface area contributed by atoms with Crippen molar-refractivity contribution in [2.45, 2.75) is 13.0 Å². The topological polar surface area (TPSA) is 37.4 Å². The summed E-state index contributed by atoms with van der Waals surface area (Å²) in [6, 6.07) is 17.5. The Bertz CT molecular complexity index is 751. The Hall–Kier alpha value is -1.91. The maximum absolute atomic E-state index is 12.4. The number of benzene rings is 2. The van der Waals surface area contributed by atoms with Gasteiger partial charge in [0.05, 0.1) is 0 Å². The monoisotopic (exact) mass is 299 g/mol. The second-order valence-corrected chi connectivity index (χ2v) is 6.93. The summed E-state index contributed by atoms with van der Waals surface area (Å²) in [5.41, 5.74) is 3.23. The summed E-state index contributed by atoms with van der Waals surface area (Å²) in [5, 5.41) is 1.30. The summed E-state index contributed by atoms with van der Waals surface area (Å²) < 4.78 is 26.4. The minimum atomic E-state index is -3.37. The van der Waals surface area contributed by atoms with E-state index in [4.69, 9.17) is 0 Å². The van der Waals surface area contributed by atoms with E-state index in [-0.39, 0.29) is 0 Å². The maximum atomic E-state index is 12.4. The average Bonchev–Trinajstić information content (AvgIpc) is 2.53. The van der Waals surface area contributed by atoms with Gasteiger partial charge in [-0.05, 0) is 29.2 Å². The summed E-state index contributed by atoms with van der Waals surface area (Å²) >= 11 is 0. The number of sulfonamides is 1. The molecule has 0 fully saturated rings. The molecular weight excluding hydrogens is 282 g/mol. The Balaban J connectivity index is 1.79. The summed E-state index contributed by atoms with van der Waals surface area (Å²) in [5.74, 6) is 0. The van der Waals surface area contributed by atoms with Crippen LogP contribution < -0.4 is 0 Å². The molecule has 21 heavy (non-hydrogen) atoms. The van der Waals surface area contributed by atoms with Crippen LogP contribution in [0.3, 0.4) is 0 Å². The summed E-state index contributed by atoms with van der Waals surface area (Å²) in [6.45, 7) is 0.996. The third-order valence-electron chi connectivity index (χ3n) is 3.69. The van der Waals surface area contributed by atoms with E-state index in [1.807, 2.05) is 48.5 Å². The highest BCUT2D eigenvalue weighted by atomic mass is 32.2. The molecule has 0 unspecified atom stereocenters. The quantitative estimate of drug-likeness (QED) is 0.873. The third kappa shape index (κ3) is 3.23. The minimum Gasteiger partial charge on any atom is -0.207 e. The average molecular weight is 299 g/mol. The normalized spacial score (nSPS) is 16.0. The van der Waals surface area contributed by atoms with Gasteiger partial charge in [-0.2, -0.15) is 4.31 Å². The predicted octanol–water partition coefficient (Wildman–Crippen LogP) is 3.05. The van der Waals surface area contributed by atoms with Gasteiger partial charge in [0.2, 0.25) is 10.0 Å². The van der Waals surface area contributed by atoms with Crippen LogP contribution in [0.1, 0.15) is 16.7 Å². The molecule has 0 aromatic heterocycles. The fourth-order valence-corrected chi connectivity index (χ4v) is 3.67. The van der Waals surface area contributed by atoms with Crippen LogP contribution in [-0.2, 0) is 23.0 Å². The Morgan fingerprint density at radius 1 is 0.905 bits per heavy atom. The molecule has 3 rings (SSSR count). The van der Waals surface area contributed by atoms with Gasteiger partial charge in [-0.15, -0.1) is 0 Å². The molecule has 0 saturated heterocycles. The second-order valence-electron chi connectivity index (χ2n) is 5.11.